The van der Waals surface area contributed by atoms with Gasteiger partial charge in [0.05, 0.1) is 0 Å². The SMILES string of the molecule is CCCCCNC1(CCl)CCC1. The van der Waals surface area contributed by atoms with Crippen molar-refractivity contribution < 1.29 is 0 Å². The zero-order valence-electron chi connectivity index (χ0n) is 8.03. The van der Waals surface area contributed by atoms with Crippen LogP contribution in [0.4, 0.5) is 0 Å². The minimum absolute atomic E-state index is 0.329. The number of unbranched alkanes of at least 4 members (excludes halogenated alkanes) is 2. The van der Waals surface area contributed by atoms with Gasteiger partial charge in [0.1, 0.15) is 0 Å². The van der Waals surface area contributed by atoms with Gasteiger partial charge in [-0.2, -0.15) is 0 Å². The lowest BCUT2D eigenvalue weighted by Crippen LogP contribution is -2.52. The molecule has 1 saturated carbocycles. The molecule has 1 aliphatic carbocycles. The van der Waals surface area contributed by atoms with Crippen LogP contribution in [-0.4, -0.2) is 18.0 Å². The Morgan fingerprint density at radius 2 is 2.08 bits per heavy atom. The van der Waals surface area contributed by atoms with E-state index in [1.165, 1.54) is 38.5 Å². The summed E-state index contributed by atoms with van der Waals surface area (Å²) < 4.78 is 0. The van der Waals surface area contributed by atoms with Crippen LogP contribution in [0, 0.1) is 0 Å². The fourth-order valence-corrected chi connectivity index (χ4v) is 2.05. The maximum Gasteiger partial charge on any atom is 0.0406 e. The molecule has 72 valence electrons. The molecule has 0 aromatic rings. The molecule has 12 heavy (non-hydrogen) atoms. The first kappa shape index (κ1) is 10.3. The molecule has 0 atom stereocenters. The lowest BCUT2D eigenvalue weighted by Gasteiger charge is -2.41. The van der Waals surface area contributed by atoms with Crippen LogP contribution in [-0.2, 0) is 0 Å². The van der Waals surface area contributed by atoms with E-state index in [9.17, 15) is 0 Å². The van der Waals surface area contributed by atoms with E-state index in [-0.39, 0.29) is 0 Å². The highest BCUT2D eigenvalue weighted by molar-refractivity contribution is 6.18. The van der Waals surface area contributed by atoms with E-state index in [2.05, 4.69) is 12.2 Å². The van der Waals surface area contributed by atoms with Crippen molar-refractivity contribution in [1.29, 1.82) is 0 Å². The molecule has 1 aliphatic rings. The normalized spacial score (nSPS) is 20.5. The second kappa shape index (κ2) is 5.08. The summed E-state index contributed by atoms with van der Waals surface area (Å²) in [5.74, 6) is 0.791. The highest BCUT2D eigenvalue weighted by atomic mass is 35.5. The van der Waals surface area contributed by atoms with Crippen molar-refractivity contribution in [3.05, 3.63) is 0 Å². The summed E-state index contributed by atoms with van der Waals surface area (Å²) in [6.07, 6.45) is 7.86. The van der Waals surface area contributed by atoms with E-state index in [0.29, 0.717) is 5.54 Å². The van der Waals surface area contributed by atoms with Gasteiger partial charge in [-0.15, -0.1) is 11.6 Å². The van der Waals surface area contributed by atoms with Crippen LogP contribution in [0.5, 0.6) is 0 Å². The molecule has 1 rings (SSSR count). The highest BCUT2D eigenvalue weighted by Crippen LogP contribution is 2.32. The van der Waals surface area contributed by atoms with Crippen molar-refractivity contribution in [3.63, 3.8) is 0 Å². The standard InChI is InChI=1S/C10H20ClN/c1-2-3-4-8-12-10(9-11)6-5-7-10/h12H,2-9H2,1H3. The van der Waals surface area contributed by atoms with Crippen LogP contribution < -0.4 is 5.32 Å². The number of rotatable bonds is 6. The van der Waals surface area contributed by atoms with Crippen LogP contribution in [0.1, 0.15) is 45.4 Å². The summed E-state index contributed by atoms with van der Waals surface area (Å²) in [7, 11) is 0. The third kappa shape index (κ3) is 2.63. The Bertz CT molecular complexity index is 115. The van der Waals surface area contributed by atoms with Gasteiger partial charge in [0, 0.05) is 11.4 Å². The van der Waals surface area contributed by atoms with Crippen molar-refractivity contribution in [3.8, 4) is 0 Å². The quantitative estimate of drug-likeness (QED) is 0.501. The summed E-state index contributed by atoms with van der Waals surface area (Å²) in [6.45, 7) is 3.39. The summed E-state index contributed by atoms with van der Waals surface area (Å²) in [5, 5.41) is 3.59. The van der Waals surface area contributed by atoms with Gasteiger partial charge in [0.15, 0.2) is 0 Å². The van der Waals surface area contributed by atoms with Crippen LogP contribution in [0.3, 0.4) is 0 Å². The Morgan fingerprint density at radius 1 is 1.33 bits per heavy atom. The Labute approximate surface area is 80.9 Å². The van der Waals surface area contributed by atoms with Gasteiger partial charge in [0.25, 0.3) is 0 Å². The third-order valence-corrected chi connectivity index (χ3v) is 3.36. The van der Waals surface area contributed by atoms with Gasteiger partial charge in [-0.25, -0.2) is 0 Å². The molecule has 0 bridgehead atoms. The number of halogens is 1. The summed E-state index contributed by atoms with van der Waals surface area (Å²) in [4.78, 5) is 0. The molecule has 0 aliphatic heterocycles. The molecule has 1 N–H and O–H groups in total. The van der Waals surface area contributed by atoms with Gasteiger partial charge >= 0.3 is 0 Å². The van der Waals surface area contributed by atoms with E-state index in [1.54, 1.807) is 0 Å². The van der Waals surface area contributed by atoms with Crippen LogP contribution in [0.2, 0.25) is 0 Å². The molecule has 1 nitrogen and oxygen atoms in total. The topological polar surface area (TPSA) is 12.0 Å². The third-order valence-electron chi connectivity index (χ3n) is 2.85. The van der Waals surface area contributed by atoms with Gasteiger partial charge < -0.3 is 5.32 Å². The molecular weight excluding hydrogens is 170 g/mol. The van der Waals surface area contributed by atoms with Crippen LogP contribution in [0.15, 0.2) is 0 Å². The summed E-state index contributed by atoms with van der Waals surface area (Å²) >= 11 is 5.91. The minimum Gasteiger partial charge on any atom is -0.310 e. The number of alkyl halides is 1. The fraction of sp³-hybridized carbons (Fsp3) is 1.00. The van der Waals surface area contributed by atoms with E-state index < -0.39 is 0 Å². The van der Waals surface area contributed by atoms with E-state index in [0.717, 1.165) is 12.4 Å². The fourth-order valence-electron chi connectivity index (χ4n) is 1.69. The molecule has 2 heteroatoms. The minimum atomic E-state index is 0.329. The van der Waals surface area contributed by atoms with Crippen LogP contribution >= 0.6 is 11.6 Å². The highest BCUT2D eigenvalue weighted by Gasteiger charge is 2.34. The van der Waals surface area contributed by atoms with Crippen molar-refractivity contribution in [1.82, 2.24) is 5.32 Å². The predicted octanol–water partition coefficient (Wildman–Crippen LogP) is 2.93. The molecular formula is C10H20ClN. The number of nitrogens with one attached hydrogen (secondary N) is 1. The van der Waals surface area contributed by atoms with Crippen molar-refractivity contribution >= 4 is 11.6 Å². The lowest BCUT2D eigenvalue weighted by atomic mass is 9.78. The molecule has 0 saturated heterocycles. The molecule has 0 heterocycles. The largest absolute Gasteiger partial charge is 0.310 e. The monoisotopic (exact) mass is 189 g/mol. The molecule has 0 unspecified atom stereocenters. The molecule has 0 radical (unpaired) electrons. The molecule has 1 fully saturated rings. The van der Waals surface area contributed by atoms with Gasteiger partial charge in [-0.3, -0.25) is 0 Å². The molecule has 0 amide bonds. The molecule has 0 aromatic carbocycles. The Hall–Kier alpha value is 0.250. The number of hydrogen-bond donors (Lipinski definition) is 1. The second-order valence-corrected chi connectivity index (χ2v) is 4.17. The summed E-state index contributed by atoms with van der Waals surface area (Å²) in [5.41, 5.74) is 0.329. The van der Waals surface area contributed by atoms with Gasteiger partial charge in [-0.05, 0) is 32.2 Å². The van der Waals surface area contributed by atoms with Crippen LogP contribution in [0.25, 0.3) is 0 Å². The van der Waals surface area contributed by atoms with E-state index in [4.69, 9.17) is 11.6 Å². The first-order chi connectivity index (χ1) is 5.83. The molecule has 0 aromatic heterocycles. The Morgan fingerprint density at radius 3 is 2.50 bits per heavy atom. The molecule has 0 spiro atoms. The van der Waals surface area contributed by atoms with Crippen molar-refractivity contribution in [2.45, 2.75) is 51.0 Å². The number of hydrogen-bond acceptors (Lipinski definition) is 1. The van der Waals surface area contributed by atoms with Crippen molar-refractivity contribution in [2.75, 3.05) is 12.4 Å². The van der Waals surface area contributed by atoms with E-state index >= 15 is 0 Å². The average molecular weight is 190 g/mol. The van der Waals surface area contributed by atoms with Gasteiger partial charge in [-0.1, -0.05) is 19.8 Å². The van der Waals surface area contributed by atoms with Gasteiger partial charge in [0.2, 0.25) is 0 Å². The zero-order valence-corrected chi connectivity index (χ0v) is 8.79. The maximum absolute atomic E-state index is 5.91. The average Bonchev–Trinajstić information content (AvgIpc) is 2.02. The van der Waals surface area contributed by atoms with E-state index in [1.807, 2.05) is 0 Å². The zero-order chi connectivity index (χ0) is 8.86. The summed E-state index contributed by atoms with van der Waals surface area (Å²) in [6, 6.07) is 0. The lowest BCUT2D eigenvalue weighted by molar-refractivity contribution is 0.212. The first-order valence-corrected chi connectivity index (χ1v) is 5.67. The predicted molar refractivity (Wildman–Crippen MR) is 54.8 cm³/mol. The van der Waals surface area contributed by atoms with Crippen molar-refractivity contribution in [2.24, 2.45) is 0 Å². The Kier molecular flexibility index (Phi) is 4.38. The first-order valence-electron chi connectivity index (χ1n) is 5.14. The second-order valence-electron chi connectivity index (χ2n) is 3.90. The smallest absolute Gasteiger partial charge is 0.0406 e. The maximum atomic E-state index is 5.91. The Balaban J connectivity index is 2.04.